The lowest BCUT2D eigenvalue weighted by Crippen LogP contribution is -2.43. The summed E-state index contributed by atoms with van der Waals surface area (Å²) in [7, 11) is 3.78. The molecule has 0 aliphatic carbocycles. The zero-order valence-corrected chi connectivity index (χ0v) is 12.7. The Hall–Kier alpha value is -0.580. The number of piperidine rings is 1. The van der Waals surface area contributed by atoms with Crippen molar-refractivity contribution in [2.45, 2.75) is 25.4 Å². The minimum absolute atomic E-state index is 0.625. The van der Waals surface area contributed by atoms with Crippen molar-refractivity contribution in [3.05, 3.63) is 28.2 Å². The molecule has 0 saturated carbocycles. The van der Waals surface area contributed by atoms with E-state index in [4.69, 9.17) is 4.74 Å². The Morgan fingerprint density at radius 3 is 3.06 bits per heavy atom. The van der Waals surface area contributed by atoms with Crippen LogP contribution in [0.1, 0.15) is 18.4 Å². The largest absolute Gasteiger partial charge is 0.496 e. The van der Waals surface area contributed by atoms with E-state index in [9.17, 15) is 0 Å². The number of hydrogen-bond donors (Lipinski definition) is 1. The molecule has 1 N–H and O–H groups in total. The number of likely N-dealkylation sites (N-methyl/N-ethyl adjacent to an activating group) is 1. The van der Waals surface area contributed by atoms with Crippen LogP contribution in [-0.2, 0) is 6.54 Å². The van der Waals surface area contributed by atoms with E-state index in [1.165, 1.54) is 24.9 Å². The van der Waals surface area contributed by atoms with E-state index in [0.717, 1.165) is 23.3 Å². The lowest BCUT2D eigenvalue weighted by molar-refractivity contribution is 0.186. The van der Waals surface area contributed by atoms with Crippen LogP contribution in [0.4, 0.5) is 0 Å². The van der Waals surface area contributed by atoms with Crippen molar-refractivity contribution in [1.82, 2.24) is 10.2 Å². The number of nitrogens with zero attached hydrogens (tertiary/aromatic N) is 1. The summed E-state index contributed by atoms with van der Waals surface area (Å²) < 4.78 is 6.51. The van der Waals surface area contributed by atoms with Crippen LogP contribution >= 0.6 is 15.9 Å². The molecule has 1 aliphatic heterocycles. The number of hydrogen-bond acceptors (Lipinski definition) is 3. The van der Waals surface area contributed by atoms with Crippen LogP contribution in [-0.4, -0.2) is 38.2 Å². The fourth-order valence-electron chi connectivity index (χ4n) is 2.52. The first-order chi connectivity index (χ1) is 8.72. The van der Waals surface area contributed by atoms with Gasteiger partial charge in [-0.1, -0.05) is 22.0 Å². The Kier molecular flexibility index (Phi) is 5.03. The van der Waals surface area contributed by atoms with Gasteiger partial charge in [-0.3, -0.25) is 4.90 Å². The van der Waals surface area contributed by atoms with Crippen LogP contribution in [0.25, 0.3) is 0 Å². The standard InChI is InChI=1S/C14H21BrN2O/c1-16-13-4-3-7-17(10-13)9-11-5-6-12(15)8-14(11)18-2/h5-6,8,13,16H,3-4,7,9-10H2,1-2H3. The van der Waals surface area contributed by atoms with Gasteiger partial charge in [-0.15, -0.1) is 0 Å². The molecule has 18 heavy (non-hydrogen) atoms. The third kappa shape index (κ3) is 3.46. The fraction of sp³-hybridized carbons (Fsp3) is 0.571. The summed E-state index contributed by atoms with van der Waals surface area (Å²) in [6.45, 7) is 3.27. The first-order valence-corrected chi connectivity index (χ1v) is 7.24. The number of ether oxygens (including phenoxy) is 1. The van der Waals surface area contributed by atoms with Gasteiger partial charge in [0.15, 0.2) is 0 Å². The average Bonchev–Trinajstić information content (AvgIpc) is 2.41. The molecule has 0 bridgehead atoms. The van der Waals surface area contributed by atoms with Gasteiger partial charge >= 0.3 is 0 Å². The van der Waals surface area contributed by atoms with Crippen molar-refractivity contribution in [3.63, 3.8) is 0 Å². The number of likely N-dealkylation sites (tertiary alicyclic amines) is 1. The van der Waals surface area contributed by atoms with Crippen LogP contribution in [0, 0.1) is 0 Å². The third-order valence-electron chi connectivity index (χ3n) is 3.56. The van der Waals surface area contributed by atoms with Gasteiger partial charge < -0.3 is 10.1 Å². The van der Waals surface area contributed by atoms with Crippen molar-refractivity contribution >= 4 is 15.9 Å². The van der Waals surface area contributed by atoms with Crippen molar-refractivity contribution in [3.8, 4) is 5.75 Å². The van der Waals surface area contributed by atoms with E-state index in [2.05, 4.69) is 38.3 Å². The first-order valence-electron chi connectivity index (χ1n) is 6.45. The fourth-order valence-corrected chi connectivity index (χ4v) is 2.86. The van der Waals surface area contributed by atoms with Crippen LogP contribution in [0.5, 0.6) is 5.75 Å². The predicted molar refractivity (Wildman–Crippen MR) is 78.1 cm³/mol. The van der Waals surface area contributed by atoms with Crippen LogP contribution in [0.2, 0.25) is 0 Å². The molecule has 1 aromatic rings. The van der Waals surface area contributed by atoms with Crippen molar-refractivity contribution in [2.75, 3.05) is 27.2 Å². The highest BCUT2D eigenvalue weighted by Gasteiger charge is 2.19. The number of benzene rings is 1. The van der Waals surface area contributed by atoms with Gasteiger partial charge in [0, 0.05) is 29.2 Å². The summed E-state index contributed by atoms with van der Waals surface area (Å²) in [5.41, 5.74) is 1.26. The molecule has 1 fully saturated rings. The van der Waals surface area contributed by atoms with Gasteiger partial charge in [0.2, 0.25) is 0 Å². The van der Waals surface area contributed by atoms with Gasteiger partial charge in [-0.2, -0.15) is 0 Å². The number of rotatable bonds is 4. The van der Waals surface area contributed by atoms with Gasteiger partial charge in [-0.05, 0) is 38.6 Å². The minimum Gasteiger partial charge on any atom is -0.496 e. The summed E-state index contributed by atoms with van der Waals surface area (Å²) >= 11 is 3.48. The molecular formula is C14H21BrN2O. The molecule has 4 heteroatoms. The van der Waals surface area contributed by atoms with E-state index in [1.54, 1.807) is 7.11 Å². The van der Waals surface area contributed by atoms with Crippen LogP contribution < -0.4 is 10.1 Å². The second-order valence-corrected chi connectivity index (χ2v) is 5.73. The molecule has 0 amide bonds. The van der Waals surface area contributed by atoms with E-state index < -0.39 is 0 Å². The summed E-state index contributed by atoms with van der Waals surface area (Å²) in [5.74, 6) is 0.968. The summed E-state index contributed by atoms with van der Waals surface area (Å²) in [5, 5.41) is 3.38. The zero-order chi connectivity index (χ0) is 13.0. The lowest BCUT2D eigenvalue weighted by atomic mass is 10.0. The summed E-state index contributed by atoms with van der Waals surface area (Å²) in [6, 6.07) is 6.89. The molecular weight excluding hydrogens is 292 g/mol. The normalized spacial score (nSPS) is 20.9. The lowest BCUT2D eigenvalue weighted by Gasteiger charge is -2.32. The van der Waals surface area contributed by atoms with Crippen molar-refractivity contribution in [1.29, 1.82) is 0 Å². The molecule has 1 aromatic carbocycles. The summed E-state index contributed by atoms with van der Waals surface area (Å²) in [4.78, 5) is 2.50. The molecule has 1 heterocycles. The highest BCUT2D eigenvalue weighted by Crippen LogP contribution is 2.25. The molecule has 100 valence electrons. The molecule has 1 saturated heterocycles. The highest BCUT2D eigenvalue weighted by molar-refractivity contribution is 9.10. The van der Waals surface area contributed by atoms with Gasteiger partial charge in [-0.25, -0.2) is 0 Å². The monoisotopic (exact) mass is 312 g/mol. The zero-order valence-electron chi connectivity index (χ0n) is 11.1. The SMILES string of the molecule is CNC1CCCN(Cc2ccc(Br)cc2OC)C1. The molecule has 2 rings (SSSR count). The Morgan fingerprint density at radius 1 is 1.50 bits per heavy atom. The topological polar surface area (TPSA) is 24.5 Å². The van der Waals surface area contributed by atoms with Crippen LogP contribution in [0.3, 0.4) is 0 Å². The van der Waals surface area contributed by atoms with Gasteiger partial charge in [0.25, 0.3) is 0 Å². The Balaban J connectivity index is 2.04. The van der Waals surface area contributed by atoms with Crippen molar-refractivity contribution in [2.24, 2.45) is 0 Å². The quantitative estimate of drug-likeness (QED) is 0.925. The second kappa shape index (κ2) is 6.55. The van der Waals surface area contributed by atoms with E-state index in [-0.39, 0.29) is 0 Å². The molecule has 1 aliphatic rings. The maximum atomic E-state index is 5.45. The van der Waals surface area contributed by atoms with Crippen molar-refractivity contribution < 1.29 is 4.74 Å². The maximum absolute atomic E-state index is 5.45. The third-order valence-corrected chi connectivity index (χ3v) is 4.05. The van der Waals surface area contributed by atoms with E-state index >= 15 is 0 Å². The maximum Gasteiger partial charge on any atom is 0.124 e. The predicted octanol–water partition coefficient (Wildman–Crippen LogP) is 2.64. The molecule has 3 nitrogen and oxygen atoms in total. The first kappa shape index (κ1) is 13.8. The van der Waals surface area contributed by atoms with Crippen LogP contribution in [0.15, 0.2) is 22.7 Å². The highest BCUT2D eigenvalue weighted by atomic mass is 79.9. The molecule has 1 atom stereocenters. The van der Waals surface area contributed by atoms with E-state index in [0.29, 0.717) is 6.04 Å². The molecule has 0 aromatic heterocycles. The molecule has 0 spiro atoms. The second-order valence-electron chi connectivity index (χ2n) is 4.82. The minimum atomic E-state index is 0.625. The number of halogens is 1. The van der Waals surface area contributed by atoms with Gasteiger partial charge in [0.1, 0.15) is 5.75 Å². The Morgan fingerprint density at radius 2 is 2.33 bits per heavy atom. The van der Waals surface area contributed by atoms with E-state index in [1.807, 2.05) is 13.1 Å². The molecule has 0 radical (unpaired) electrons. The smallest absolute Gasteiger partial charge is 0.124 e. The summed E-state index contributed by atoms with van der Waals surface area (Å²) in [6.07, 6.45) is 2.55. The van der Waals surface area contributed by atoms with Gasteiger partial charge in [0.05, 0.1) is 7.11 Å². The number of methoxy groups -OCH3 is 1. The number of nitrogens with one attached hydrogen (secondary N) is 1. The average molecular weight is 313 g/mol. The Bertz CT molecular complexity index is 397. The molecule has 1 unspecified atom stereocenters. The Labute approximate surface area is 118 Å².